The normalized spacial score (nSPS) is 14.0. The Balaban J connectivity index is 1.50. The third kappa shape index (κ3) is 4.03. The average molecular weight is 480 g/mol. The van der Waals surface area contributed by atoms with Crippen molar-refractivity contribution in [2.45, 2.75) is 0 Å². The number of carbonyl (C=O) groups excluding carboxylic acids is 1. The topological polar surface area (TPSA) is 45.6 Å². The lowest BCUT2D eigenvalue weighted by atomic mass is 10.1. The number of hydrogen-bond acceptors (Lipinski definition) is 3. The van der Waals surface area contributed by atoms with Gasteiger partial charge in [0.2, 0.25) is 0 Å². The maximum Gasteiger partial charge on any atom is 0.263 e. The SMILES string of the molecule is O=C(c1cn(-c2ccc(F)cc2F)c(=O)c2ccccc12)N1CCN(c2cccc(Cl)c2)CC1. The molecule has 1 aliphatic rings. The molecule has 1 amide bonds. The fourth-order valence-electron chi connectivity index (χ4n) is 4.33. The summed E-state index contributed by atoms with van der Waals surface area (Å²) < 4.78 is 29.0. The van der Waals surface area contributed by atoms with Gasteiger partial charge in [-0.2, -0.15) is 0 Å². The fourth-order valence-corrected chi connectivity index (χ4v) is 4.51. The molecule has 0 bridgehead atoms. The third-order valence-electron chi connectivity index (χ3n) is 6.06. The smallest absolute Gasteiger partial charge is 0.263 e. The van der Waals surface area contributed by atoms with Crippen LogP contribution in [0.25, 0.3) is 16.5 Å². The molecule has 3 aromatic carbocycles. The minimum atomic E-state index is -0.883. The van der Waals surface area contributed by atoms with Crippen LogP contribution in [0.3, 0.4) is 0 Å². The Morgan fingerprint density at radius 1 is 0.853 bits per heavy atom. The van der Waals surface area contributed by atoms with E-state index in [2.05, 4.69) is 4.90 Å². The van der Waals surface area contributed by atoms with Crippen molar-refractivity contribution >= 4 is 34.0 Å². The number of anilines is 1. The van der Waals surface area contributed by atoms with Gasteiger partial charge >= 0.3 is 0 Å². The Kier molecular flexibility index (Phi) is 5.79. The van der Waals surface area contributed by atoms with Gasteiger partial charge in [-0.25, -0.2) is 8.78 Å². The first-order chi connectivity index (χ1) is 16.4. The number of carbonyl (C=O) groups is 1. The predicted octanol–water partition coefficient (Wildman–Crippen LogP) is 4.88. The average Bonchev–Trinajstić information content (AvgIpc) is 2.85. The van der Waals surface area contributed by atoms with E-state index < -0.39 is 17.2 Å². The van der Waals surface area contributed by atoms with Crippen LogP contribution in [0.1, 0.15) is 10.4 Å². The zero-order valence-corrected chi connectivity index (χ0v) is 18.8. The molecule has 0 N–H and O–H groups in total. The first kappa shape index (κ1) is 22.1. The molecule has 5 nitrogen and oxygen atoms in total. The lowest BCUT2D eigenvalue weighted by Gasteiger charge is -2.36. The third-order valence-corrected chi connectivity index (χ3v) is 6.30. The van der Waals surface area contributed by atoms with Crippen LogP contribution in [-0.2, 0) is 0 Å². The number of halogens is 3. The standard InChI is InChI=1S/C26H20ClF2N3O2/c27-17-4-3-5-19(14-17)30-10-12-31(13-11-30)25(33)22-16-32(24-9-8-18(28)15-23(24)29)26(34)21-7-2-1-6-20(21)22/h1-9,14-16H,10-13H2. The van der Waals surface area contributed by atoms with Gasteiger partial charge in [0, 0.05) is 59.9 Å². The van der Waals surface area contributed by atoms with Gasteiger partial charge in [0.05, 0.1) is 11.3 Å². The van der Waals surface area contributed by atoms with E-state index >= 15 is 0 Å². The zero-order chi connectivity index (χ0) is 23.8. The quantitative estimate of drug-likeness (QED) is 0.420. The molecule has 34 heavy (non-hydrogen) atoms. The van der Waals surface area contributed by atoms with Crippen molar-refractivity contribution < 1.29 is 13.6 Å². The Labute approximate surface area is 199 Å². The number of hydrogen-bond donors (Lipinski definition) is 0. The number of piperazine rings is 1. The summed E-state index contributed by atoms with van der Waals surface area (Å²) in [6.07, 6.45) is 1.35. The molecule has 4 aromatic rings. The molecule has 1 aromatic heterocycles. The second kappa shape index (κ2) is 8.91. The van der Waals surface area contributed by atoms with Gasteiger partial charge < -0.3 is 9.80 Å². The molecular formula is C26H20ClF2N3O2. The second-order valence-electron chi connectivity index (χ2n) is 8.12. The molecule has 0 saturated carbocycles. The number of rotatable bonds is 3. The molecule has 172 valence electrons. The highest BCUT2D eigenvalue weighted by atomic mass is 35.5. The highest BCUT2D eigenvalue weighted by Crippen LogP contribution is 2.24. The van der Waals surface area contributed by atoms with E-state index in [1.165, 1.54) is 12.3 Å². The van der Waals surface area contributed by atoms with E-state index in [9.17, 15) is 18.4 Å². The predicted molar refractivity (Wildman–Crippen MR) is 129 cm³/mol. The number of aromatic nitrogens is 1. The fraction of sp³-hybridized carbons (Fsp3) is 0.154. The van der Waals surface area contributed by atoms with Crippen LogP contribution in [-0.4, -0.2) is 41.6 Å². The maximum absolute atomic E-state index is 14.5. The van der Waals surface area contributed by atoms with Crippen LogP contribution in [0.4, 0.5) is 14.5 Å². The highest BCUT2D eigenvalue weighted by molar-refractivity contribution is 6.30. The van der Waals surface area contributed by atoms with E-state index in [1.54, 1.807) is 29.2 Å². The van der Waals surface area contributed by atoms with Crippen LogP contribution in [0.2, 0.25) is 5.02 Å². The van der Waals surface area contributed by atoms with Gasteiger partial charge in [-0.3, -0.25) is 14.2 Å². The van der Waals surface area contributed by atoms with Crippen LogP contribution < -0.4 is 10.5 Å². The van der Waals surface area contributed by atoms with Crippen molar-refractivity contribution in [3.8, 4) is 5.69 Å². The van der Waals surface area contributed by atoms with Gasteiger partial charge in [0.15, 0.2) is 0 Å². The molecule has 2 heterocycles. The van der Waals surface area contributed by atoms with Crippen molar-refractivity contribution in [1.29, 1.82) is 0 Å². The summed E-state index contributed by atoms with van der Waals surface area (Å²) in [6.45, 7) is 2.19. The van der Waals surface area contributed by atoms with Crippen molar-refractivity contribution in [3.63, 3.8) is 0 Å². The van der Waals surface area contributed by atoms with Crippen LogP contribution in [0, 0.1) is 11.6 Å². The van der Waals surface area contributed by atoms with Crippen molar-refractivity contribution in [2.24, 2.45) is 0 Å². The van der Waals surface area contributed by atoms with Gasteiger partial charge in [-0.1, -0.05) is 35.9 Å². The molecular weight excluding hydrogens is 460 g/mol. The summed E-state index contributed by atoms with van der Waals surface area (Å²) in [7, 11) is 0. The Bertz CT molecular complexity index is 1460. The molecule has 0 aliphatic carbocycles. The van der Waals surface area contributed by atoms with E-state index in [4.69, 9.17) is 11.6 Å². The number of nitrogens with zero attached hydrogens (tertiary/aromatic N) is 3. The summed E-state index contributed by atoms with van der Waals surface area (Å²) in [6, 6.07) is 17.3. The Hall–Kier alpha value is -3.71. The van der Waals surface area contributed by atoms with E-state index in [1.807, 2.05) is 24.3 Å². The second-order valence-corrected chi connectivity index (χ2v) is 8.55. The first-order valence-electron chi connectivity index (χ1n) is 10.8. The van der Waals surface area contributed by atoms with Gasteiger partial charge in [0.1, 0.15) is 11.6 Å². The Morgan fingerprint density at radius 3 is 2.29 bits per heavy atom. The molecule has 8 heteroatoms. The number of fused-ring (bicyclic) bond motifs is 1. The molecule has 0 radical (unpaired) electrons. The molecule has 0 spiro atoms. The minimum Gasteiger partial charge on any atom is -0.368 e. The first-order valence-corrected chi connectivity index (χ1v) is 11.2. The Morgan fingerprint density at radius 2 is 1.59 bits per heavy atom. The molecule has 0 unspecified atom stereocenters. The maximum atomic E-state index is 14.5. The molecule has 1 fully saturated rings. The van der Waals surface area contributed by atoms with E-state index in [0.29, 0.717) is 42.7 Å². The van der Waals surface area contributed by atoms with Crippen LogP contribution in [0.5, 0.6) is 0 Å². The van der Waals surface area contributed by atoms with Crippen molar-refractivity contribution in [1.82, 2.24) is 9.47 Å². The monoisotopic (exact) mass is 479 g/mol. The van der Waals surface area contributed by atoms with E-state index in [-0.39, 0.29) is 22.5 Å². The number of benzene rings is 3. The van der Waals surface area contributed by atoms with Gasteiger partial charge in [-0.05, 0) is 36.4 Å². The lowest BCUT2D eigenvalue weighted by molar-refractivity contribution is 0.0748. The summed E-state index contributed by atoms with van der Waals surface area (Å²) in [5.41, 5.74) is 0.681. The minimum absolute atomic E-state index is 0.114. The summed E-state index contributed by atoms with van der Waals surface area (Å²) >= 11 is 6.11. The van der Waals surface area contributed by atoms with Gasteiger partial charge in [0.25, 0.3) is 11.5 Å². The summed E-state index contributed by atoms with van der Waals surface area (Å²) in [4.78, 5) is 30.5. The zero-order valence-electron chi connectivity index (χ0n) is 18.0. The van der Waals surface area contributed by atoms with Crippen LogP contribution >= 0.6 is 11.6 Å². The summed E-state index contributed by atoms with van der Waals surface area (Å²) in [5, 5.41) is 1.43. The van der Waals surface area contributed by atoms with Crippen molar-refractivity contribution in [2.75, 3.05) is 31.1 Å². The summed E-state index contributed by atoms with van der Waals surface area (Å²) in [5.74, 6) is -1.88. The van der Waals surface area contributed by atoms with E-state index in [0.717, 1.165) is 16.3 Å². The molecule has 1 saturated heterocycles. The van der Waals surface area contributed by atoms with Crippen molar-refractivity contribution in [3.05, 3.63) is 106 Å². The molecule has 5 rings (SSSR count). The lowest BCUT2D eigenvalue weighted by Crippen LogP contribution is -2.49. The largest absolute Gasteiger partial charge is 0.368 e. The number of amides is 1. The molecule has 1 aliphatic heterocycles. The molecule has 0 atom stereocenters. The number of pyridine rings is 1. The van der Waals surface area contributed by atoms with Gasteiger partial charge in [-0.15, -0.1) is 0 Å². The van der Waals surface area contributed by atoms with Crippen LogP contribution in [0.15, 0.2) is 77.7 Å². The highest BCUT2D eigenvalue weighted by Gasteiger charge is 2.25.